The molecule has 0 spiro atoms. The van der Waals surface area contributed by atoms with Gasteiger partial charge in [-0.05, 0) is 19.8 Å². The average Bonchev–Trinajstić information content (AvgIpc) is 2.57. The van der Waals surface area contributed by atoms with E-state index in [1.165, 1.54) is 4.31 Å². The van der Waals surface area contributed by atoms with Gasteiger partial charge in [-0.25, -0.2) is 12.7 Å². The number of sulfonamides is 1. The SMILES string of the molecule is C=CCN1CCC(NC(=NCCS(=O)(=O)N(CC)CC)NCC)CC1.I. The van der Waals surface area contributed by atoms with E-state index in [1.807, 2.05) is 26.8 Å². The smallest absolute Gasteiger partial charge is 0.215 e. The molecule has 0 amide bonds. The lowest BCUT2D eigenvalue weighted by Gasteiger charge is -2.32. The molecule has 0 aromatic carbocycles. The molecule has 0 radical (unpaired) electrons. The highest BCUT2D eigenvalue weighted by Gasteiger charge is 2.20. The Kier molecular flexibility index (Phi) is 13.5. The molecule has 1 aliphatic heterocycles. The normalized spacial score (nSPS) is 17.0. The Morgan fingerprint density at radius 2 is 1.88 bits per heavy atom. The Hall–Kier alpha value is -0.390. The monoisotopic (exact) mass is 501 g/mol. The van der Waals surface area contributed by atoms with Crippen LogP contribution in [-0.2, 0) is 10.0 Å². The van der Waals surface area contributed by atoms with Gasteiger partial charge in [0.25, 0.3) is 0 Å². The van der Waals surface area contributed by atoms with Crippen LogP contribution in [0.2, 0.25) is 0 Å². The zero-order valence-electron chi connectivity index (χ0n) is 16.4. The summed E-state index contributed by atoms with van der Waals surface area (Å²) in [4.78, 5) is 6.84. The molecule has 0 saturated carbocycles. The van der Waals surface area contributed by atoms with Gasteiger partial charge in [-0.1, -0.05) is 19.9 Å². The third-order valence-electron chi connectivity index (χ3n) is 4.38. The predicted octanol–water partition coefficient (Wildman–Crippen LogP) is 1.48. The first-order chi connectivity index (χ1) is 12.0. The van der Waals surface area contributed by atoms with E-state index in [-0.39, 0.29) is 36.3 Å². The molecule has 7 nitrogen and oxygen atoms in total. The second kappa shape index (κ2) is 13.7. The van der Waals surface area contributed by atoms with E-state index in [0.717, 1.165) is 39.0 Å². The lowest BCUT2D eigenvalue weighted by Crippen LogP contribution is -2.48. The molecule has 0 aromatic rings. The summed E-state index contributed by atoms with van der Waals surface area (Å²) >= 11 is 0. The molecule has 0 unspecified atom stereocenters. The van der Waals surface area contributed by atoms with Crippen molar-refractivity contribution in [2.75, 3.05) is 51.6 Å². The Bertz CT molecular complexity index is 515. The van der Waals surface area contributed by atoms with Gasteiger partial charge in [0, 0.05) is 45.3 Å². The molecule has 0 atom stereocenters. The summed E-state index contributed by atoms with van der Waals surface area (Å²) < 4.78 is 25.9. The van der Waals surface area contributed by atoms with Crippen molar-refractivity contribution in [3.63, 3.8) is 0 Å². The van der Waals surface area contributed by atoms with Gasteiger partial charge in [0.05, 0.1) is 12.3 Å². The number of guanidine groups is 1. The predicted molar refractivity (Wildman–Crippen MR) is 121 cm³/mol. The van der Waals surface area contributed by atoms with E-state index in [4.69, 9.17) is 0 Å². The van der Waals surface area contributed by atoms with E-state index in [2.05, 4.69) is 27.1 Å². The number of nitrogens with one attached hydrogen (secondary N) is 2. The number of nitrogens with zero attached hydrogens (tertiary/aromatic N) is 3. The van der Waals surface area contributed by atoms with E-state index in [1.54, 1.807) is 0 Å². The first-order valence-corrected chi connectivity index (χ1v) is 10.9. The minimum atomic E-state index is -3.23. The van der Waals surface area contributed by atoms with E-state index in [0.29, 0.717) is 25.1 Å². The molecule has 1 aliphatic rings. The van der Waals surface area contributed by atoms with Crippen LogP contribution in [0.4, 0.5) is 0 Å². The topological polar surface area (TPSA) is 77.0 Å². The number of aliphatic imine (C=N–C) groups is 1. The maximum Gasteiger partial charge on any atom is 0.215 e. The van der Waals surface area contributed by atoms with Crippen molar-refractivity contribution in [2.45, 2.75) is 39.7 Å². The highest BCUT2D eigenvalue weighted by atomic mass is 127. The molecule has 0 bridgehead atoms. The molecule has 26 heavy (non-hydrogen) atoms. The lowest BCUT2D eigenvalue weighted by molar-refractivity contribution is 0.225. The summed E-state index contributed by atoms with van der Waals surface area (Å²) in [5, 5.41) is 6.65. The quantitative estimate of drug-likeness (QED) is 0.205. The first kappa shape index (κ1) is 25.6. The fraction of sp³-hybridized carbons (Fsp3) is 0.824. The van der Waals surface area contributed by atoms with Crippen LogP contribution in [0.15, 0.2) is 17.6 Å². The van der Waals surface area contributed by atoms with Gasteiger partial charge in [-0.2, -0.15) is 0 Å². The van der Waals surface area contributed by atoms with Gasteiger partial charge in [0.2, 0.25) is 10.0 Å². The van der Waals surface area contributed by atoms with E-state index < -0.39 is 10.0 Å². The van der Waals surface area contributed by atoms with Crippen LogP contribution in [0.25, 0.3) is 0 Å². The third-order valence-corrected chi connectivity index (χ3v) is 6.38. The van der Waals surface area contributed by atoms with Crippen molar-refractivity contribution in [2.24, 2.45) is 4.99 Å². The molecule has 9 heteroatoms. The van der Waals surface area contributed by atoms with Crippen LogP contribution in [0.5, 0.6) is 0 Å². The highest BCUT2D eigenvalue weighted by molar-refractivity contribution is 14.0. The van der Waals surface area contributed by atoms with Gasteiger partial charge >= 0.3 is 0 Å². The second-order valence-electron chi connectivity index (χ2n) is 6.17. The third kappa shape index (κ3) is 9.01. The average molecular weight is 501 g/mol. The highest BCUT2D eigenvalue weighted by Crippen LogP contribution is 2.10. The summed E-state index contributed by atoms with van der Waals surface area (Å²) in [6.07, 6.45) is 4.04. The molecule has 1 rings (SSSR count). The molecule has 1 heterocycles. The van der Waals surface area contributed by atoms with Crippen LogP contribution < -0.4 is 10.6 Å². The van der Waals surface area contributed by atoms with Crippen molar-refractivity contribution in [3.8, 4) is 0 Å². The minimum Gasteiger partial charge on any atom is -0.357 e. The molecule has 154 valence electrons. The van der Waals surface area contributed by atoms with Crippen molar-refractivity contribution in [1.29, 1.82) is 0 Å². The minimum absolute atomic E-state index is 0. The molecule has 2 N–H and O–H groups in total. The number of rotatable bonds is 10. The summed E-state index contributed by atoms with van der Waals surface area (Å²) in [6.45, 7) is 14.6. The standard InChI is InChI=1S/C17H35N5O2S.HI/c1-5-12-21-13-9-16(10-14-21)20-17(18-6-2)19-11-15-25(23,24)22(7-3)8-4;/h5,16H,1,6-15H2,2-4H3,(H2,18,19,20);1H. The molecule has 1 saturated heterocycles. The Morgan fingerprint density at radius 1 is 1.27 bits per heavy atom. The van der Waals surface area contributed by atoms with Crippen molar-refractivity contribution >= 4 is 40.0 Å². The zero-order valence-corrected chi connectivity index (χ0v) is 19.6. The van der Waals surface area contributed by atoms with Crippen molar-refractivity contribution < 1.29 is 8.42 Å². The van der Waals surface area contributed by atoms with Crippen LogP contribution in [0, 0.1) is 0 Å². The van der Waals surface area contributed by atoms with Gasteiger partial charge in [0.15, 0.2) is 5.96 Å². The Labute approximate surface area is 176 Å². The van der Waals surface area contributed by atoms with Crippen LogP contribution >= 0.6 is 24.0 Å². The number of hydrogen-bond donors (Lipinski definition) is 2. The number of piperidine rings is 1. The number of likely N-dealkylation sites (tertiary alicyclic amines) is 1. The van der Waals surface area contributed by atoms with E-state index in [9.17, 15) is 8.42 Å². The maximum atomic E-state index is 12.2. The first-order valence-electron chi connectivity index (χ1n) is 9.32. The largest absolute Gasteiger partial charge is 0.357 e. The maximum absolute atomic E-state index is 12.2. The van der Waals surface area contributed by atoms with Crippen molar-refractivity contribution in [1.82, 2.24) is 19.8 Å². The van der Waals surface area contributed by atoms with Crippen molar-refractivity contribution in [3.05, 3.63) is 12.7 Å². The summed E-state index contributed by atoms with van der Waals surface area (Å²) in [6, 6.07) is 0.373. The number of hydrogen-bond acceptors (Lipinski definition) is 4. The molecule has 0 aromatic heterocycles. The van der Waals surface area contributed by atoms with Gasteiger partial charge < -0.3 is 10.6 Å². The van der Waals surface area contributed by atoms with Crippen LogP contribution in [0.3, 0.4) is 0 Å². The van der Waals surface area contributed by atoms with Gasteiger partial charge in [0.1, 0.15) is 0 Å². The second-order valence-corrected chi connectivity index (χ2v) is 8.26. The number of halogens is 1. The fourth-order valence-corrected chi connectivity index (χ4v) is 4.34. The van der Waals surface area contributed by atoms with Gasteiger partial charge in [-0.15, -0.1) is 30.6 Å². The molecular formula is C17H36IN5O2S. The Morgan fingerprint density at radius 3 is 2.38 bits per heavy atom. The lowest BCUT2D eigenvalue weighted by atomic mass is 10.1. The summed E-state index contributed by atoms with van der Waals surface area (Å²) in [5.74, 6) is 0.752. The van der Waals surface area contributed by atoms with E-state index >= 15 is 0 Å². The van der Waals surface area contributed by atoms with Gasteiger partial charge in [-0.3, -0.25) is 9.89 Å². The molecule has 0 aliphatic carbocycles. The molecule has 1 fully saturated rings. The molecular weight excluding hydrogens is 465 g/mol. The zero-order chi connectivity index (χ0) is 18.7. The summed E-state index contributed by atoms with van der Waals surface area (Å²) in [7, 11) is -3.23. The Balaban J connectivity index is 0.00000625. The van der Waals surface area contributed by atoms with Crippen LogP contribution in [0.1, 0.15) is 33.6 Å². The van der Waals surface area contributed by atoms with Crippen LogP contribution in [-0.4, -0.2) is 81.2 Å². The fourth-order valence-electron chi connectivity index (χ4n) is 2.97. The summed E-state index contributed by atoms with van der Waals surface area (Å²) in [5.41, 5.74) is 0.